The third-order valence-corrected chi connectivity index (χ3v) is 3.33. The minimum atomic E-state index is -0.372. The molecule has 16 heavy (non-hydrogen) atoms. The van der Waals surface area contributed by atoms with Gasteiger partial charge in [0, 0.05) is 23.5 Å². The van der Waals surface area contributed by atoms with Crippen LogP contribution in [-0.2, 0) is 6.54 Å². The molecule has 0 aromatic carbocycles. The van der Waals surface area contributed by atoms with Gasteiger partial charge in [-0.25, -0.2) is 0 Å². The summed E-state index contributed by atoms with van der Waals surface area (Å²) in [6.07, 6.45) is 5.51. The normalized spacial score (nSPS) is 13.2. The fourth-order valence-electron chi connectivity index (χ4n) is 1.62. The van der Waals surface area contributed by atoms with Gasteiger partial charge in [0.25, 0.3) is 0 Å². The second-order valence-corrected chi connectivity index (χ2v) is 5.24. The Labute approximate surface area is 99.4 Å². The van der Waals surface area contributed by atoms with Crippen LogP contribution in [0.25, 0.3) is 0 Å². The molecule has 2 aromatic heterocycles. The molecule has 2 rings (SSSR count). The third-order valence-electron chi connectivity index (χ3n) is 2.57. The van der Waals surface area contributed by atoms with Crippen molar-refractivity contribution in [3.63, 3.8) is 0 Å². The van der Waals surface area contributed by atoms with E-state index in [0.717, 1.165) is 12.1 Å². The van der Waals surface area contributed by atoms with Crippen molar-refractivity contribution in [2.24, 2.45) is 5.92 Å². The lowest BCUT2D eigenvalue weighted by molar-refractivity contribution is 0.127. The van der Waals surface area contributed by atoms with Crippen molar-refractivity contribution in [1.82, 2.24) is 9.55 Å². The van der Waals surface area contributed by atoms with Crippen LogP contribution >= 0.6 is 11.3 Å². The number of thiazole rings is 1. The van der Waals surface area contributed by atoms with Gasteiger partial charge in [0.2, 0.25) is 0 Å². The zero-order valence-electron chi connectivity index (χ0n) is 9.50. The van der Waals surface area contributed by atoms with E-state index in [-0.39, 0.29) is 12.0 Å². The Hall–Kier alpha value is -1.13. The molecule has 4 heteroatoms. The van der Waals surface area contributed by atoms with Crippen LogP contribution in [0.3, 0.4) is 0 Å². The maximum atomic E-state index is 9.91. The molecule has 1 atom stereocenters. The number of aliphatic hydroxyl groups excluding tert-OH is 1. The first-order chi connectivity index (χ1) is 7.66. The first-order valence-electron chi connectivity index (χ1n) is 5.38. The average Bonchev–Trinajstić information content (AvgIpc) is 2.88. The maximum Gasteiger partial charge on any atom is 0.0827 e. The largest absolute Gasteiger partial charge is 0.388 e. The Kier molecular flexibility index (Phi) is 3.41. The van der Waals surface area contributed by atoms with Crippen LogP contribution in [0.5, 0.6) is 0 Å². The molecule has 0 aliphatic heterocycles. The Morgan fingerprint density at radius 3 is 2.94 bits per heavy atom. The highest BCUT2D eigenvalue weighted by Gasteiger charge is 2.12. The second-order valence-electron chi connectivity index (χ2n) is 4.27. The highest BCUT2D eigenvalue weighted by Crippen LogP contribution is 2.21. The van der Waals surface area contributed by atoms with Gasteiger partial charge in [-0.15, -0.1) is 11.3 Å². The summed E-state index contributed by atoms with van der Waals surface area (Å²) in [4.78, 5) is 5.27. The lowest BCUT2D eigenvalue weighted by Gasteiger charge is -2.12. The SMILES string of the molecule is CC(C)C(O)c1ccn(Cc2cncs2)c1. The number of hydrogen-bond donors (Lipinski definition) is 1. The number of aromatic nitrogens is 2. The Balaban J connectivity index is 2.08. The molecule has 0 saturated heterocycles. The topological polar surface area (TPSA) is 38.0 Å². The summed E-state index contributed by atoms with van der Waals surface area (Å²) in [6, 6.07) is 1.98. The molecule has 1 N–H and O–H groups in total. The molecule has 0 aliphatic rings. The zero-order chi connectivity index (χ0) is 11.5. The molecule has 0 bridgehead atoms. The van der Waals surface area contributed by atoms with Gasteiger partial charge in [0.15, 0.2) is 0 Å². The number of aliphatic hydroxyl groups is 1. The van der Waals surface area contributed by atoms with Gasteiger partial charge in [-0.3, -0.25) is 4.98 Å². The molecular formula is C12H16N2OS. The van der Waals surface area contributed by atoms with Gasteiger partial charge in [0.05, 0.1) is 18.2 Å². The van der Waals surface area contributed by atoms with Crippen molar-refractivity contribution in [2.45, 2.75) is 26.5 Å². The predicted molar refractivity (Wildman–Crippen MR) is 65.4 cm³/mol. The van der Waals surface area contributed by atoms with Crippen LogP contribution in [0.4, 0.5) is 0 Å². The molecule has 86 valence electrons. The molecule has 2 heterocycles. The van der Waals surface area contributed by atoms with E-state index in [2.05, 4.69) is 9.55 Å². The maximum absolute atomic E-state index is 9.91. The molecule has 0 radical (unpaired) electrons. The fourth-order valence-corrected chi connectivity index (χ4v) is 2.22. The van der Waals surface area contributed by atoms with Crippen LogP contribution in [0, 0.1) is 5.92 Å². The van der Waals surface area contributed by atoms with Gasteiger partial charge in [0.1, 0.15) is 0 Å². The van der Waals surface area contributed by atoms with E-state index in [0.29, 0.717) is 0 Å². The highest BCUT2D eigenvalue weighted by atomic mass is 32.1. The summed E-state index contributed by atoms with van der Waals surface area (Å²) >= 11 is 1.65. The quantitative estimate of drug-likeness (QED) is 0.886. The summed E-state index contributed by atoms with van der Waals surface area (Å²) in [5, 5.41) is 9.91. The number of nitrogens with zero attached hydrogens (tertiary/aromatic N) is 2. The Bertz CT molecular complexity index is 434. The zero-order valence-corrected chi connectivity index (χ0v) is 10.3. The van der Waals surface area contributed by atoms with Crippen molar-refractivity contribution in [2.75, 3.05) is 0 Å². The van der Waals surface area contributed by atoms with Crippen molar-refractivity contribution in [1.29, 1.82) is 0 Å². The van der Waals surface area contributed by atoms with Gasteiger partial charge < -0.3 is 9.67 Å². The van der Waals surface area contributed by atoms with Crippen molar-refractivity contribution < 1.29 is 5.11 Å². The minimum Gasteiger partial charge on any atom is -0.388 e. The molecule has 0 saturated carbocycles. The fraction of sp³-hybridized carbons (Fsp3) is 0.417. The van der Waals surface area contributed by atoms with Crippen LogP contribution in [0.15, 0.2) is 30.2 Å². The second kappa shape index (κ2) is 4.80. The van der Waals surface area contributed by atoms with Crippen LogP contribution in [0.2, 0.25) is 0 Å². The summed E-state index contributed by atoms with van der Waals surface area (Å²) in [5.41, 5.74) is 2.82. The monoisotopic (exact) mass is 236 g/mol. The number of rotatable bonds is 4. The Morgan fingerprint density at radius 2 is 2.31 bits per heavy atom. The van der Waals surface area contributed by atoms with E-state index in [1.807, 2.05) is 44.0 Å². The van der Waals surface area contributed by atoms with E-state index in [1.165, 1.54) is 4.88 Å². The lowest BCUT2D eigenvalue weighted by atomic mass is 10.0. The molecule has 0 aliphatic carbocycles. The van der Waals surface area contributed by atoms with Crippen molar-refractivity contribution in [3.05, 3.63) is 40.6 Å². The number of hydrogen-bond acceptors (Lipinski definition) is 3. The van der Waals surface area contributed by atoms with Crippen LogP contribution in [0.1, 0.15) is 30.4 Å². The van der Waals surface area contributed by atoms with Gasteiger partial charge >= 0.3 is 0 Å². The molecular weight excluding hydrogens is 220 g/mol. The standard InChI is InChI=1S/C12H16N2OS/c1-9(2)12(15)10-3-4-14(6-10)7-11-5-13-8-16-11/h3-6,8-9,12,15H,7H2,1-2H3. The van der Waals surface area contributed by atoms with E-state index >= 15 is 0 Å². The molecule has 1 unspecified atom stereocenters. The van der Waals surface area contributed by atoms with Gasteiger partial charge in [-0.1, -0.05) is 13.8 Å². The van der Waals surface area contributed by atoms with Crippen LogP contribution in [-0.4, -0.2) is 14.7 Å². The van der Waals surface area contributed by atoms with Crippen molar-refractivity contribution >= 4 is 11.3 Å². The van der Waals surface area contributed by atoms with Gasteiger partial charge in [-0.05, 0) is 17.5 Å². The predicted octanol–water partition coefficient (Wildman–Crippen LogP) is 2.68. The molecule has 0 spiro atoms. The third kappa shape index (κ3) is 2.51. The van der Waals surface area contributed by atoms with E-state index in [4.69, 9.17) is 0 Å². The summed E-state index contributed by atoms with van der Waals surface area (Å²) in [6.45, 7) is 4.87. The average molecular weight is 236 g/mol. The molecule has 0 amide bonds. The van der Waals surface area contributed by atoms with E-state index in [9.17, 15) is 5.11 Å². The minimum absolute atomic E-state index is 0.249. The summed E-state index contributed by atoms with van der Waals surface area (Å²) in [5.74, 6) is 0.249. The first-order valence-corrected chi connectivity index (χ1v) is 6.26. The van der Waals surface area contributed by atoms with E-state index < -0.39 is 0 Å². The summed E-state index contributed by atoms with van der Waals surface area (Å²) < 4.78 is 2.08. The smallest absolute Gasteiger partial charge is 0.0827 e. The summed E-state index contributed by atoms with van der Waals surface area (Å²) in [7, 11) is 0. The highest BCUT2D eigenvalue weighted by molar-refractivity contribution is 7.09. The lowest BCUT2D eigenvalue weighted by Crippen LogP contribution is -2.04. The Morgan fingerprint density at radius 1 is 1.50 bits per heavy atom. The van der Waals surface area contributed by atoms with Crippen molar-refractivity contribution in [3.8, 4) is 0 Å². The first kappa shape index (κ1) is 11.4. The van der Waals surface area contributed by atoms with Gasteiger partial charge in [-0.2, -0.15) is 0 Å². The van der Waals surface area contributed by atoms with E-state index in [1.54, 1.807) is 11.3 Å². The molecule has 0 fully saturated rings. The molecule has 3 nitrogen and oxygen atoms in total. The van der Waals surface area contributed by atoms with Crippen LogP contribution < -0.4 is 0 Å². The molecule has 2 aromatic rings.